The van der Waals surface area contributed by atoms with Crippen molar-refractivity contribution in [2.24, 2.45) is 0 Å². The van der Waals surface area contributed by atoms with Crippen molar-refractivity contribution in [3.8, 4) is 0 Å². The van der Waals surface area contributed by atoms with E-state index in [1.807, 2.05) is 48.5 Å². The summed E-state index contributed by atoms with van der Waals surface area (Å²) < 4.78 is 0. The molecule has 1 aliphatic rings. The molecular weight excluding hydrogens is 300 g/mol. The van der Waals surface area contributed by atoms with Gasteiger partial charge < -0.3 is 10.2 Å². The van der Waals surface area contributed by atoms with Crippen LogP contribution in [0.4, 0.5) is 0 Å². The van der Waals surface area contributed by atoms with Crippen LogP contribution in [0.25, 0.3) is 0 Å². The van der Waals surface area contributed by atoms with Crippen molar-refractivity contribution in [3.05, 3.63) is 71.8 Å². The van der Waals surface area contributed by atoms with E-state index in [1.54, 1.807) is 17.0 Å². The van der Waals surface area contributed by atoms with Gasteiger partial charge in [0.05, 0.1) is 0 Å². The highest BCUT2D eigenvalue weighted by atomic mass is 16.2. The molecule has 4 nitrogen and oxygen atoms in total. The molecule has 1 heterocycles. The Labute approximate surface area is 142 Å². The molecule has 1 fully saturated rings. The zero-order valence-electron chi connectivity index (χ0n) is 13.7. The first-order chi connectivity index (χ1) is 11.8. The molecule has 2 amide bonds. The monoisotopic (exact) mass is 322 g/mol. The van der Waals surface area contributed by atoms with Crippen LogP contribution in [-0.4, -0.2) is 29.3 Å². The molecule has 0 aliphatic carbocycles. The third-order valence-electron chi connectivity index (χ3n) is 4.40. The maximum Gasteiger partial charge on any atom is 0.254 e. The number of likely N-dealkylation sites (tertiary alicyclic amines) is 1. The van der Waals surface area contributed by atoms with E-state index in [9.17, 15) is 9.59 Å². The van der Waals surface area contributed by atoms with Gasteiger partial charge in [-0.1, -0.05) is 48.5 Å². The van der Waals surface area contributed by atoms with Gasteiger partial charge in [0.25, 0.3) is 5.91 Å². The van der Waals surface area contributed by atoms with E-state index in [0.29, 0.717) is 18.7 Å². The molecular formula is C20H22N2O2. The molecule has 1 N–H and O–H groups in total. The Morgan fingerprint density at radius 1 is 0.958 bits per heavy atom. The zero-order valence-corrected chi connectivity index (χ0v) is 13.7. The summed E-state index contributed by atoms with van der Waals surface area (Å²) in [5, 5.41) is 2.97. The summed E-state index contributed by atoms with van der Waals surface area (Å²) >= 11 is 0. The van der Waals surface area contributed by atoms with E-state index in [-0.39, 0.29) is 17.9 Å². The molecule has 1 saturated heterocycles. The van der Waals surface area contributed by atoms with Crippen LogP contribution in [0, 0.1) is 0 Å². The highest BCUT2D eigenvalue weighted by Gasteiger charge is 2.32. The number of rotatable bonds is 4. The standard InChI is InChI=1S/C20H22N2O2/c23-19(21-15-16-9-3-1-4-10-16)18-13-7-8-14-22(18)20(24)17-11-5-2-6-12-17/h1-6,9-12,18H,7-8,13-15H2,(H,21,23). The first-order valence-electron chi connectivity index (χ1n) is 8.43. The summed E-state index contributed by atoms with van der Waals surface area (Å²) in [6, 6.07) is 18.6. The van der Waals surface area contributed by atoms with Crippen LogP contribution < -0.4 is 5.32 Å². The van der Waals surface area contributed by atoms with Gasteiger partial charge in [-0.15, -0.1) is 0 Å². The van der Waals surface area contributed by atoms with Crippen LogP contribution in [0.3, 0.4) is 0 Å². The summed E-state index contributed by atoms with van der Waals surface area (Å²) in [7, 11) is 0. The van der Waals surface area contributed by atoms with E-state index in [2.05, 4.69) is 5.32 Å². The molecule has 1 aliphatic heterocycles. The van der Waals surface area contributed by atoms with Crippen LogP contribution >= 0.6 is 0 Å². The Kier molecular flexibility index (Phi) is 5.26. The minimum Gasteiger partial charge on any atom is -0.350 e. The highest BCUT2D eigenvalue weighted by molar-refractivity contribution is 5.97. The van der Waals surface area contributed by atoms with Crippen molar-refractivity contribution in [3.63, 3.8) is 0 Å². The smallest absolute Gasteiger partial charge is 0.254 e. The Balaban J connectivity index is 1.67. The molecule has 2 aromatic carbocycles. The number of carbonyl (C=O) groups is 2. The maximum atomic E-state index is 12.7. The largest absolute Gasteiger partial charge is 0.350 e. The molecule has 0 radical (unpaired) electrons. The second kappa shape index (κ2) is 7.77. The minimum absolute atomic E-state index is 0.0600. The quantitative estimate of drug-likeness (QED) is 0.941. The number of carbonyl (C=O) groups excluding carboxylic acids is 2. The predicted octanol–water partition coefficient (Wildman–Crippen LogP) is 3.00. The van der Waals surface area contributed by atoms with Gasteiger partial charge >= 0.3 is 0 Å². The number of amides is 2. The van der Waals surface area contributed by atoms with E-state index < -0.39 is 0 Å². The van der Waals surface area contributed by atoms with Crippen molar-refractivity contribution in [2.45, 2.75) is 31.8 Å². The number of nitrogens with one attached hydrogen (secondary N) is 1. The molecule has 24 heavy (non-hydrogen) atoms. The third-order valence-corrected chi connectivity index (χ3v) is 4.40. The summed E-state index contributed by atoms with van der Waals surface area (Å²) in [5.41, 5.74) is 1.70. The molecule has 2 aromatic rings. The predicted molar refractivity (Wildman–Crippen MR) is 93.4 cm³/mol. The fraction of sp³-hybridized carbons (Fsp3) is 0.300. The topological polar surface area (TPSA) is 49.4 Å². The zero-order chi connectivity index (χ0) is 16.8. The molecule has 3 rings (SSSR count). The van der Waals surface area contributed by atoms with E-state index >= 15 is 0 Å². The molecule has 1 atom stereocenters. The molecule has 1 unspecified atom stereocenters. The molecule has 0 bridgehead atoms. The van der Waals surface area contributed by atoms with Crippen molar-refractivity contribution in [1.82, 2.24) is 10.2 Å². The van der Waals surface area contributed by atoms with Crippen LogP contribution in [0.15, 0.2) is 60.7 Å². The van der Waals surface area contributed by atoms with Crippen LogP contribution in [-0.2, 0) is 11.3 Å². The van der Waals surface area contributed by atoms with Gasteiger partial charge in [0.2, 0.25) is 5.91 Å². The van der Waals surface area contributed by atoms with Gasteiger partial charge in [-0.3, -0.25) is 9.59 Å². The lowest BCUT2D eigenvalue weighted by molar-refractivity contribution is -0.126. The summed E-state index contributed by atoms with van der Waals surface area (Å²) in [6.45, 7) is 1.13. The summed E-state index contributed by atoms with van der Waals surface area (Å²) in [6.07, 6.45) is 2.64. The number of hydrogen-bond acceptors (Lipinski definition) is 2. The molecule has 124 valence electrons. The molecule has 4 heteroatoms. The minimum atomic E-state index is -0.379. The van der Waals surface area contributed by atoms with Gasteiger partial charge in [0.1, 0.15) is 6.04 Å². The summed E-state index contributed by atoms with van der Waals surface area (Å²) in [5.74, 6) is -0.127. The Hall–Kier alpha value is -2.62. The molecule has 0 spiro atoms. The van der Waals surface area contributed by atoms with Crippen LogP contribution in [0.5, 0.6) is 0 Å². The molecule has 0 aromatic heterocycles. The Bertz CT molecular complexity index is 685. The van der Waals surface area contributed by atoms with E-state index in [4.69, 9.17) is 0 Å². The molecule has 0 saturated carbocycles. The highest BCUT2D eigenvalue weighted by Crippen LogP contribution is 2.20. The lowest BCUT2D eigenvalue weighted by atomic mass is 10.00. The van der Waals surface area contributed by atoms with Gasteiger partial charge in [-0.05, 0) is 37.0 Å². The van der Waals surface area contributed by atoms with Crippen LogP contribution in [0.1, 0.15) is 35.2 Å². The SMILES string of the molecule is O=C(NCc1ccccc1)C1CCCCN1C(=O)c1ccccc1. The van der Waals surface area contributed by atoms with E-state index in [0.717, 1.165) is 24.8 Å². The average molecular weight is 322 g/mol. The third kappa shape index (κ3) is 3.82. The first-order valence-corrected chi connectivity index (χ1v) is 8.43. The number of hydrogen-bond donors (Lipinski definition) is 1. The first kappa shape index (κ1) is 16.2. The average Bonchev–Trinajstić information content (AvgIpc) is 2.67. The van der Waals surface area contributed by atoms with Crippen LogP contribution in [0.2, 0.25) is 0 Å². The van der Waals surface area contributed by atoms with Crippen molar-refractivity contribution in [1.29, 1.82) is 0 Å². The normalized spacial score (nSPS) is 17.3. The van der Waals surface area contributed by atoms with Gasteiger partial charge in [0.15, 0.2) is 0 Å². The second-order valence-corrected chi connectivity index (χ2v) is 6.08. The van der Waals surface area contributed by atoms with Crippen molar-refractivity contribution in [2.75, 3.05) is 6.54 Å². The van der Waals surface area contributed by atoms with Crippen molar-refractivity contribution >= 4 is 11.8 Å². The van der Waals surface area contributed by atoms with Gasteiger partial charge in [0, 0.05) is 18.7 Å². The fourth-order valence-corrected chi connectivity index (χ4v) is 3.10. The van der Waals surface area contributed by atoms with Gasteiger partial charge in [-0.25, -0.2) is 0 Å². The maximum absolute atomic E-state index is 12.7. The van der Waals surface area contributed by atoms with Crippen molar-refractivity contribution < 1.29 is 9.59 Å². The second-order valence-electron chi connectivity index (χ2n) is 6.08. The number of nitrogens with zero attached hydrogens (tertiary/aromatic N) is 1. The fourth-order valence-electron chi connectivity index (χ4n) is 3.10. The Morgan fingerprint density at radius 3 is 2.33 bits per heavy atom. The number of benzene rings is 2. The van der Waals surface area contributed by atoms with E-state index in [1.165, 1.54) is 0 Å². The lowest BCUT2D eigenvalue weighted by Gasteiger charge is -2.34. The summed E-state index contributed by atoms with van der Waals surface area (Å²) in [4.78, 5) is 27.1. The Morgan fingerprint density at radius 2 is 1.62 bits per heavy atom. The van der Waals surface area contributed by atoms with Gasteiger partial charge in [-0.2, -0.15) is 0 Å². The number of piperidine rings is 1. The lowest BCUT2D eigenvalue weighted by Crippen LogP contribution is -2.51.